The molecule has 23 heavy (non-hydrogen) atoms. The van der Waals surface area contributed by atoms with E-state index in [1.54, 1.807) is 6.92 Å². The average molecular weight is 315 g/mol. The van der Waals surface area contributed by atoms with E-state index in [-0.39, 0.29) is 24.1 Å². The van der Waals surface area contributed by atoms with Crippen LogP contribution in [0.2, 0.25) is 0 Å². The van der Waals surface area contributed by atoms with Crippen LogP contribution in [0.5, 0.6) is 5.88 Å². The zero-order valence-electron chi connectivity index (χ0n) is 12.9. The number of benzene rings is 1. The molecule has 0 atom stereocenters. The zero-order valence-corrected chi connectivity index (χ0v) is 12.9. The third kappa shape index (κ3) is 4.50. The van der Waals surface area contributed by atoms with Crippen molar-refractivity contribution in [2.24, 2.45) is 0 Å². The summed E-state index contributed by atoms with van der Waals surface area (Å²) in [6, 6.07) is 9.05. The van der Waals surface area contributed by atoms with Gasteiger partial charge in [0.15, 0.2) is 6.61 Å². The molecule has 0 fully saturated rings. The highest BCUT2D eigenvalue weighted by atomic mass is 16.6. The van der Waals surface area contributed by atoms with Gasteiger partial charge in [-0.25, -0.2) is 4.98 Å². The van der Waals surface area contributed by atoms with Crippen LogP contribution in [0, 0.1) is 24.0 Å². The van der Waals surface area contributed by atoms with Gasteiger partial charge in [-0.05, 0) is 30.5 Å². The maximum Gasteiger partial charge on any atom is 0.331 e. The molecule has 2 rings (SSSR count). The van der Waals surface area contributed by atoms with E-state index in [4.69, 9.17) is 4.74 Å². The van der Waals surface area contributed by atoms with Gasteiger partial charge in [0.1, 0.15) is 0 Å². The number of nitrogens with zero attached hydrogens (tertiary/aromatic N) is 2. The number of amides is 1. The fraction of sp³-hybridized carbons (Fsp3) is 0.250. The molecule has 0 unspecified atom stereocenters. The molecule has 1 heterocycles. The zero-order chi connectivity index (χ0) is 16.8. The second-order valence-corrected chi connectivity index (χ2v) is 5.09. The van der Waals surface area contributed by atoms with Crippen LogP contribution in [-0.4, -0.2) is 22.4 Å². The van der Waals surface area contributed by atoms with Gasteiger partial charge in [0.05, 0.1) is 4.92 Å². The molecule has 2 aromatic rings. The Kier molecular flexibility index (Phi) is 5.24. The highest BCUT2D eigenvalue weighted by Gasteiger charge is 2.18. The Labute approximate surface area is 133 Å². The van der Waals surface area contributed by atoms with Crippen molar-refractivity contribution in [3.05, 3.63) is 63.3 Å². The number of pyridine rings is 1. The lowest BCUT2D eigenvalue weighted by Crippen LogP contribution is -2.28. The van der Waals surface area contributed by atoms with Gasteiger partial charge in [-0.3, -0.25) is 14.9 Å². The van der Waals surface area contributed by atoms with Crippen LogP contribution in [0.15, 0.2) is 36.5 Å². The normalized spacial score (nSPS) is 10.2. The predicted molar refractivity (Wildman–Crippen MR) is 84.1 cm³/mol. The molecule has 7 heteroatoms. The molecule has 0 aliphatic rings. The molecule has 0 radical (unpaired) electrons. The van der Waals surface area contributed by atoms with Gasteiger partial charge in [0.25, 0.3) is 11.8 Å². The summed E-state index contributed by atoms with van der Waals surface area (Å²) in [4.78, 5) is 26.0. The van der Waals surface area contributed by atoms with E-state index in [9.17, 15) is 14.9 Å². The number of nitrogens with one attached hydrogen (secondary N) is 1. The van der Waals surface area contributed by atoms with Crippen LogP contribution in [0.25, 0.3) is 0 Å². The largest absolute Gasteiger partial charge is 0.463 e. The summed E-state index contributed by atoms with van der Waals surface area (Å²) in [5, 5.41) is 13.7. The number of nitro groups is 1. The lowest BCUT2D eigenvalue weighted by Gasteiger charge is -2.09. The van der Waals surface area contributed by atoms with E-state index in [0.717, 1.165) is 11.1 Å². The molecular formula is C16H17N3O4. The molecule has 120 valence electrons. The number of carbonyl (C=O) groups excluding carboxylic acids is 1. The van der Waals surface area contributed by atoms with Crippen LogP contribution >= 0.6 is 0 Å². The molecule has 0 aliphatic carbocycles. The first kappa shape index (κ1) is 16.4. The summed E-state index contributed by atoms with van der Waals surface area (Å²) < 4.78 is 5.17. The first-order chi connectivity index (χ1) is 11.0. The van der Waals surface area contributed by atoms with E-state index in [0.29, 0.717) is 12.1 Å². The molecule has 1 aromatic heterocycles. The minimum absolute atomic E-state index is 0.161. The van der Waals surface area contributed by atoms with Gasteiger partial charge in [0.2, 0.25) is 0 Å². The van der Waals surface area contributed by atoms with E-state index in [1.807, 2.05) is 31.2 Å². The van der Waals surface area contributed by atoms with Gasteiger partial charge in [-0.1, -0.05) is 24.3 Å². The Hall–Kier alpha value is -2.96. The van der Waals surface area contributed by atoms with E-state index in [2.05, 4.69) is 10.3 Å². The van der Waals surface area contributed by atoms with Crippen molar-refractivity contribution >= 4 is 11.6 Å². The Balaban J connectivity index is 1.92. The van der Waals surface area contributed by atoms with Crippen LogP contribution in [0.3, 0.4) is 0 Å². The standard InChI is InChI=1S/C16H17N3O4/c1-11-7-14(19(21)22)16(18-8-11)23-10-15(20)17-9-13-6-4-3-5-12(13)2/h3-8H,9-10H2,1-2H3,(H,17,20). The van der Waals surface area contributed by atoms with Crippen molar-refractivity contribution in [1.82, 2.24) is 10.3 Å². The van der Waals surface area contributed by atoms with Crippen molar-refractivity contribution in [1.29, 1.82) is 0 Å². The summed E-state index contributed by atoms with van der Waals surface area (Å²) in [7, 11) is 0. The van der Waals surface area contributed by atoms with Gasteiger partial charge in [0, 0.05) is 18.8 Å². The molecule has 1 aromatic carbocycles. The van der Waals surface area contributed by atoms with E-state index < -0.39 is 4.92 Å². The maximum absolute atomic E-state index is 11.8. The summed E-state index contributed by atoms with van der Waals surface area (Å²) >= 11 is 0. The highest BCUT2D eigenvalue weighted by Crippen LogP contribution is 2.24. The van der Waals surface area contributed by atoms with Crippen molar-refractivity contribution in [3.8, 4) is 5.88 Å². The van der Waals surface area contributed by atoms with Gasteiger partial charge in [-0.2, -0.15) is 0 Å². The quantitative estimate of drug-likeness (QED) is 0.652. The third-order valence-electron chi connectivity index (χ3n) is 3.24. The van der Waals surface area contributed by atoms with Crippen molar-refractivity contribution in [2.45, 2.75) is 20.4 Å². The summed E-state index contributed by atoms with van der Waals surface area (Å²) in [6.07, 6.45) is 1.45. The van der Waals surface area contributed by atoms with E-state index in [1.165, 1.54) is 12.3 Å². The predicted octanol–water partition coefficient (Wildman–Crippen LogP) is 2.30. The monoisotopic (exact) mass is 315 g/mol. The number of hydrogen-bond donors (Lipinski definition) is 1. The van der Waals surface area contributed by atoms with Crippen molar-refractivity contribution in [3.63, 3.8) is 0 Å². The molecule has 1 N–H and O–H groups in total. The number of ether oxygens (including phenoxy) is 1. The smallest absolute Gasteiger partial charge is 0.331 e. The summed E-state index contributed by atoms with van der Waals surface area (Å²) in [6.45, 7) is 3.69. The number of aromatic nitrogens is 1. The molecule has 0 spiro atoms. The Bertz CT molecular complexity index is 731. The highest BCUT2D eigenvalue weighted by molar-refractivity contribution is 5.77. The molecule has 7 nitrogen and oxygen atoms in total. The Morgan fingerprint density at radius 2 is 2.09 bits per heavy atom. The minimum atomic E-state index is -0.583. The average Bonchev–Trinajstić information content (AvgIpc) is 2.52. The number of rotatable bonds is 6. The fourth-order valence-corrected chi connectivity index (χ4v) is 1.97. The van der Waals surface area contributed by atoms with Crippen molar-refractivity contribution in [2.75, 3.05) is 6.61 Å². The second-order valence-electron chi connectivity index (χ2n) is 5.09. The first-order valence-electron chi connectivity index (χ1n) is 7.02. The Morgan fingerprint density at radius 3 is 2.78 bits per heavy atom. The summed E-state index contributed by atoms with van der Waals surface area (Å²) in [5.74, 6) is -0.531. The van der Waals surface area contributed by atoms with Crippen molar-refractivity contribution < 1.29 is 14.5 Å². The molecule has 0 saturated carbocycles. The lowest BCUT2D eigenvalue weighted by molar-refractivity contribution is -0.386. The Morgan fingerprint density at radius 1 is 1.35 bits per heavy atom. The number of aryl methyl sites for hydroxylation is 2. The molecule has 0 bridgehead atoms. The fourth-order valence-electron chi connectivity index (χ4n) is 1.97. The molecule has 1 amide bonds. The maximum atomic E-state index is 11.8. The number of hydrogen-bond acceptors (Lipinski definition) is 5. The van der Waals surface area contributed by atoms with Gasteiger partial charge < -0.3 is 10.1 Å². The minimum Gasteiger partial charge on any atom is -0.463 e. The SMILES string of the molecule is Cc1cnc(OCC(=O)NCc2ccccc2C)c([N+](=O)[O-])c1. The third-order valence-corrected chi connectivity index (χ3v) is 3.24. The number of carbonyl (C=O) groups is 1. The first-order valence-corrected chi connectivity index (χ1v) is 7.02. The van der Waals surface area contributed by atoms with Gasteiger partial charge in [-0.15, -0.1) is 0 Å². The molecule has 0 aliphatic heterocycles. The van der Waals surface area contributed by atoms with Crippen LogP contribution in [0.1, 0.15) is 16.7 Å². The molecular weight excluding hydrogens is 298 g/mol. The lowest BCUT2D eigenvalue weighted by atomic mass is 10.1. The molecule has 0 saturated heterocycles. The summed E-state index contributed by atoms with van der Waals surface area (Å²) in [5.41, 5.74) is 2.47. The van der Waals surface area contributed by atoms with Crippen LogP contribution in [0.4, 0.5) is 5.69 Å². The van der Waals surface area contributed by atoms with Gasteiger partial charge >= 0.3 is 5.69 Å². The topological polar surface area (TPSA) is 94.4 Å². The van der Waals surface area contributed by atoms with Crippen LogP contribution in [-0.2, 0) is 11.3 Å². The van der Waals surface area contributed by atoms with E-state index >= 15 is 0 Å². The second kappa shape index (κ2) is 7.35. The van der Waals surface area contributed by atoms with Crippen LogP contribution < -0.4 is 10.1 Å².